The van der Waals surface area contributed by atoms with Crippen LogP contribution in [0, 0.1) is 0 Å². The second-order valence-electron chi connectivity index (χ2n) is 4.41. The number of benzene rings is 1. The number of hydrogen-bond donors (Lipinski definition) is 3. The summed E-state index contributed by atoms with van der Waals surface area (Å²) in [4.78, 5) is 10.6. The first-order valence-corrected chi connectivity index (χ1v) is 6.09. The molecular weight excluding hydrogens is 232 g/mol. The zero-order valence-electron chi connectivity index (χ0n) is 10.2. The highest BCUT2D eigenvalue weighted by Crippen LogP contribution is 2.25. The molecule has 1 aromatic rings. The Balaban J connectivity index is 1.75. The Labute approximate surface area is 106 Å². The number of aliphatic hydroxyl groups is 1. The smallest absolute Gasteiger partial charge is 0.247 e. The number of aliphatic hydroxyl groups excluding tert-OH is 1. The molecule has 1 aliphatic heterocycles. The van der Waals surface area contributed by atoms with E-state index in [1.807, 2.05) is 12.1 Å². The van der Waals surface area contributed by atoms with E-state index in [1.54, 1.807) is 0 Å². The van der Waals surface area contributed by atoms with Gasteiger partial charge in [0.1, 0.15) is 11.9 Å². The van der Waals surface area contributed by atoms with Gasteiger partial charge in [-0.15, -0.1) is 0 Å². The molecule has 0 saturated carbocycles. The molecule has 2 rings (SSSR count). The molecule has 4 N–H and O–H groups in total. The fourth-order valence-corrected chi connectivity index (χ4v) is 1.97. The average molecular weight is 250 g/mol. The molecule has 0 saturated heterocycles. The van der Waals surface area contributed by atoms with Crippen LogP contribution in [0.4, 0.5) is 0 Å². The van der Waals surface area contributed by atoms with Crippen molar-refractivity contribution < 1.29 is 14.6 Å². The molecule has 1 heterocycles. The zero-order chi connectivity index (χ0) is 13.0. The van der Waals surface area contributed by atoms with Crippen LogP contribution in [0.1, 0.15) is 11.1 Å². The summed E-state index contributed by atoms with van der Waals surface area (Å²) in [6.45, 7) is 1.66. The number of nitrogens with one attached hydrogen (secondary N) is 1. The molecule has 1 aliphatic rings. The predicted molar refractivity (Wildman–Crippen MR) is 67.4 cm³/mol. The number of nitrogens with two attached hydrogens (primary N) is 1. The van der Waals surface area contributed by atoms with E-state index < -0.39 is 12.0 Å². The monoisotopic (exact) mass is 250 g/mol. The van der Waals surface area contributed by atoms with Gasteiger partial charge < -0.3 is 20.9 Å². The van der Waals surface area contributed by atoms with Crippen molar-refractivity contribution >= 4 is 5.91 Å². The van der Waals surface area contributed by atoms with Crippen molar-refractivity contribution in [2.45, 2.75) is 18.9 Å². The summed E-state index contributed by atoms with van der Waals surface area (Å²) in [7, 11) is 0. The third-order valence-corrected chi connectivity index (χ3v) is 3.01. The Bertz CT molecular complexity index is 434. The Kier molecular flexibility index (Phi) is 4.17. The number of primary amides is 1. The van der Waals surface area contributed by atoms with Crippen LogP contribution in [0.25, 0.3) is 0 Å². The topological polar surface area (TPSA) is 84.6 Å². The Morgan fingerprint density at radius 3 is 3.17 bits per heavy atom. The van der Waals surface area contributed by atoms with Gasteiger partial charge in [-0.25, -0.2) is 0 Å². The molecule has 0 radical (unpaired) electrons. The molecule has 0 aliphatic carbocycles. The highest BCUT2D eigenvalue weighted by molar-refractivity contribution is 5.78. The van der Waals surface area contributed by atoms with E-state index in [0.717, 1.165) is 25.2 Å². The number of carbonyl (C=O) groups is 1. The molecule has 1 unspecified atom stereocenters. The van der Waals surface area contributed by atoms with Crippen LogP contribution in [0.3, 0.4) is 0 Å². The third kappa shape index (κ3) is 3.21. The van der Waals surface area contributed by atoms with Crippen molar-refractivity contribution in [3.05, 3.63) is 29.3 Å². The number of ether oxygens (including phenoxy) is 1. The van der Waals surface area contributed by atoms with E-state index in [2.05, 4.69) is 11.4 Å². The summed E-state index contributed by atoms with van der Waals surface area (Å²) < 4.78 is 5.44. The fraction of sp³-hybridized carbons (Fsp3) is 0.462. The van der Waals surface area contributed by atoms with Crippen molar-refractivity contribution in [3.63, 3.8) is 0 Å². The van der Waals surface area contributed by atoms with Gasteiger partial charge in [0.25, 0.3) is 0 Å². The van der Waals surface area contributed by atoms with Gasteiger partial charge in [0.15, 0.2) is 0 Å². The highest BCUT2D eigenvalue weighted by Gasteiger charge is 2.12. The summed E-state index contributed by atoms with van der Waals surface area (Å²) in [5, 5.41) is 12.2. The molecule has 5 heteroatoms. The first-order chi connectivity index (χ1) is 8.66. The minimum atomic E-state index is -1.11. The predicted octanol–water partition coefficient (Wildman–Crippen LogP) is -0.400. The van der Waals surface area contributed by atoms with E-state index in [0.29, 0.717) is 6.54 Å². The van der Waals surface area contributed by atoms with Crippen LogP contribution in [-0.4, -0.2) is 36.8 Å². The summed E-state index contributed by atoms with van der Waals surface area (Å²) >= 11 is 0. The second-order valence-corrected chi connectivity index (χ2v) is 4.41. The molecule has 18 heavy (non-hydrogen) atoms. The van der Waals surface area contributed by atoms with Gasteiger partial charge in [-0.3, -0.25) is 4.79 Å². The minimum absolute atomic E-state index is 0.198. The average Bonchev–Trinajstić information content (AvgIpc) is 2.81. The summed E-state index contributed by atoms with van der Waals surface area (Å²) in [5.41, 5.74) is 7.42. The molecule has 1 aromatic carbocycles. The van der Waals surface area contributed by atoms with E-state index in [-0.39, 0.29) is 6.54 Å². The van der Waals surface area contributed by atoms with Gasteiger partial charge in [0.05, 0.1) is 6.61 Å². The summed E-state index contributed by atoms with van der Waals surface area (Å²) in [5.74, 6) is 0.285. The molecule has 1 amide bonds. The number of fused-ring (bicyclic) bond motifs is 1. The minimum Gasteiger partial charge on any atom is -0.493 e. The molecule has 1 atom stereocenters. The molecule has 98 valence electrons. The first kappa shape index (κ1) is 12.9. The lowest BCUT2D eigenvalue weighted by molar-refractivity contribution is -0.125. The third-order valence-electron chi connectivity index (χ3n) is 3.01. The van der Waals surface area contributed by atoms with Crippen molar-refractivity contribution in [2.75, 3.05) is 19.7 Å². The molecule has 0 spiro atoms. The number of rotatable bonds is 6. The lowest BCUT2D eigenvalue weighted by Gasteiger charge is -2.08. The van der Waals surface area contributed by atoms with Crippen molar-refractivity contribution in [2.24, 2.45) is 5.73 Å². The van der Waals surface area contributed by atoms with Crippen LogP contribution in [0.2, 0.25) is 0 Å². The fourth-order valence-electron chi connectivity index (χ4n) is 1.97. The van der Waals surface area contributed by atoms with Crippen molar-refractivity contribution in [1.29, 1.82) is 0 Å². The van der Waals surface area contributed by atoms with Crippen LogP contribution in [0.15, 0.2) is 18.2 Å². The maximum absolute atomic E-state index is 10.6. The van der Waals surface area contributed by atoms with Gasteiger partial charge >= 0.3 is 0 Å². The second kappa shape index (κ2) is 5.84. The van der Waals surface area contributed by atoms with E-state index in [4.69, 9.17) is 10.5 Å². The lowest BCUT2D eigenvalue weighted by Crippen LogP contribution is -2.38. The molecular formula is C13H18N2O3. The largest absolute Gasteiger partial charge is 0.493 e. The first-order valence-electron chi connectivity index (χ1n) is 6.09. The maximum atomic E-state index is 10.6. The van der Waals surface area contributed by atoms with E-state index in [1.165, 1.54) is 11.1 Å². The van der Waals surface area contributed by atoms with Gasteiger partial charge in [-0.2, -0.15) is 0 Å². The normalized spacial score (nSPS) is 14.9. The molecule has 0 bridgehead atoms. The van der Waals surface area contributed by atoms with Crippen molar-refractivity contribution in [3.8, 4) is 5.75 Å². The maximum Gasteiger partial charge on any atom is 0.247 e. The standard InChI is InChI=1S/C13H18N2O3/c14-13(17)11(16)8-15-5-3-9-1-2-12-10(7-9)4-6-18-12/h1-2,7,11,15-16H,3-6,8H2,(H2,14,17). The van der Waals surface area contributed by atoms with E-state index >= 15 is 0 Å². The highest BCUT2D eigenvalue weighted by atomic mass is 16.5. The van der Waals surface area contributed by atoms with Gasteiger partial charge in [-0.05, 0) is 30.2 Å². The molecule has 0 fully saturated rings. The van der Waals surface area contributed by atoms with Gasteiger partial charge in [0, 0.05) is 13.0 Å². The van der Waals surface area contributed by atoms with E-state index in [9.17, 15) is 9.90 Å². The lowest BCUT2D eigenvalue weighted by atomic mass is 10.1. The van der Waals surface area contributed by atoms with Gasteiger partial charge in [-0.1, -0.05) is 12.1 Å². The van der Waals surface area contributed by atoms with Gasteiger partial charge in [0.2, 0.25) is 5.91 Å². The van der Waals surface area contributed by atoms with Crippen LogP contribution in [-0.2, 0) is 17.6 Å². The number of carbonyl (C=O) groups excluding carboxylic acids is 1. The van der Waals surface area contributed by atoms with Crippen molar-refractivity contribution in [1.82, 2.24) is 5.32 Å². The SMILES string of the molecule is NC(=O)C(O)CNCCc1ccc2c(c1)CCO2. The number of amides is 1. The van der Waals surface area contributed by atoms with Crippen LogP contribution < -0.4 is 15.8 Å². The summed E-state index contributed by atoms with van der Waals surface area (Å²) in [6, 6.07) is 6.18. The Hall–Kier alpha value is -1.59. The van der Waals surface area contributed by atoms with Crippen LogP contribution in [0.5, 0.6) is 5.75 Å². The number of hydrogen-bond acceptors (Lipinski definition) is 4. The molecule has 5 nitrogen and oxygen atoms in total. The molecule has 0 aromatic heterocycles. The van der Waals surface area contributed by atoms with Crippen LogP contribution >= 0.6 is 0 Å². The Morgan fingerprint density at radius 1 is 1.56 bits per heavy atom. The Morgan fingerprint density at radius 2 is 2.39 bits per heavy atom. The quantitative estimate of drug-likeness (QED) is 0.600. The zero-order valence-corrected chi connectivity index (χ0v) is 10.2. The summed E-state index contributed by atoms with van der Waals surface area (Å²) in [6.07, 6.45) is 0.703.